The van der Waals surface area contributed by atoms with E-state index in [0.717, 1.165) is 21.0 Å². The number of carbonyl (C=O) groups excluding carboxylic acids is 1. The van der Waals surface area contributed by atoms with Gasteiger partial charge in [-0.25, -0.2) is 9.38 Å². The molecular weight excluding hydrogens is 555 g/mol. The number of rotatable bonds is 7. The molecule has 1 N–H and O–H groups in total. The van der Waals surface area contributed by atoms with Gasteiger partial charge in [-0.15, -0.1) is 0 Å². The molecule has 0 radical (unpaired) electrons. The third-order valence-corrected chi connectivity index (χ3v) is 7.03. The number of hydrogen-bond acceptors (Lipinski definition) is 5. The molecule has 1 aliphatic heterocycles. The van der Waals surface area contributed by atoms with Crippen LogP contribution in [0.2, 0.25) is 0 Å². The fraction of sp³-hybridized carbons (Fsp3) is 0.103. The van der Waals surface area contributed by atoms with Crippen LogP contribution < -0.4 is 14.8 Å². The predicted molar refractivity (Wildman–Crippen MR) is 151 cm³/mol. The van der Waals surface area contributed by atoms with Gasteiger partial charge in [-0.05, 0) is 105 Å². The molecule has 4 aromatic carbocycles. The number of amides is 1. The van der Waals surface area contributed by atoms with E-state index in [1.54, 1.807) is 18.2 Å². The van der Waals surface area contributed by atoms with Gasteiger partial charge in [-0.1, -0.05) is 36.4 Å². The number of nitrogens with one attached hydrogen (secondary N) is 1. The first kappa shape index (κ1) is 25.0. The molecule has 1 fully saturated rings. The Kier molecular flexibility index (Phi) is 7.58. The molecule has 0 aromatic heterocycles. The van der Waals surface area contributed by atoms with Crippen LogP contribution in [0, 0.1) is 5.82 Å². The molecule has 0 bridgehead atoms. The summed E-state index contributed by atoms with van der Waals surface area (Å²) in [4.78, 5) is 17.4. The van der Waals surface area contributed by atoms with Crippen molar-refractivity contribution in [1.82, 2.24) is 5.32 Å². The molecule has 0 spiro atoms. The molecule has 0 aliphatic carbocycles. The SMILES string of the molecule is CCOc1cc(/C=C2/SC(=Nc3ccc(F)cc3)NC2=O)cc(Br)c1OCc1ccc2ccccc2c1. The van der Waals surface area contributed by atoms with Crippen molar-refractivity contribution < 1.29 is 18.7 Å². The maximum atomic E-state index is 13.2. The first-order valence-electron chi connectivity index (χ1n) is 11.6. The Labute approximate surface area is 226 Å². The normalized spacial score (nSPS) is 15.4. The second-order valence-electron chi connectivity index (χ2n) is 8.19. The molecular formula is C29H22BrFN2O3S. The maximum absolute atomic E-state index is 13.2. The predicted octanol–water partition coefficient (Wildman–Crippen LogP) is 7.61. The summed E-state index contributed by atoms with van der Waals surface area (Å²) in [6, 6.07) is 23.9. The van der Waals surface area contributed by atoms with Crippen molar-refractivity contribution in [1.29, 1.82) is 0 Å². The van der Waals surface area contributed by atoms with Gasteiger partial charge < -0.3 is 14.8 Å². The van der Waals surface area contributed by atoms with Crippen LogP contribution in [0.1, 0.15) is 18.1 Å². The lowest BCUT2D eigenvalue weighted by atomic mass is 10.1. The molecule has 5 nitrogen and oxygen atoms in total. The number of aliphatic imine (C=N–C) groups is 1. The van der Waals surface area contributed by atoms with Crippen LogP contribution in [-0.4, -0.2) is 17.7 Å². The van der Waals surface area contributed by atoms with Crippen molar-refractivity contribution in [3.8, 4) is 11.5 Å². The Morgan fingerprint density at radius 3 is 2.57 bits per heavy atom. The lowest BCUT2D eigenvalue weighted by molar-refractivity contribution is -0.115. The summed E-state index contributed by atoms with van der Waals surface area (Å²) in [7, 11) is 0. The quantitative estimate of drug-likeness (QED) is 0.230. The number of halogens is 2. The van der Waals surface area contributed by atoms with Crippen LogP contribution in [0.3, 0.4) is 0 Å². The summed E-state index contributed by atoms with van der Waals surface area (Å²) in [6.07, 6.45) is 1.77. The van der Waals surface area contributed by atoms with E-state index in [1.165, 1.54) is 29.3 Å². The molecule has 0 unspecified atom stereocenters. The number of fused-ring (bicyclic) bond motifs is 1. The monoisotopic (exact) mass is 576 g/mol. The van der Waals surface area contributed by atoms with E-state index in [9.17, 15) is 9.18 Å². The van der Waals surface area contributed by atoms with Gasteiger partial charge in [0.05, 0.1) is 21.7 Å². The zero-order valence-corrected chi connectivity index (χ0v) is 22.2. The minimum absolute atomic E-state index is 0.253. The highest BCUT2D eigenvalue weighted by Crippen LogP contribution is 2.39. The van der Waals surface area contributed by atoms with Crippen LogP contribution in [-0.2, 0) is 11.4 Å². The Hall–Kier alpha value is -3.62. The largest absolute Gasteiger partial charge is 0.490 e. The molecule has 0 saturated carbocycles. The number of amidine groups is 1. The van der Waals surface area contributed by atoms with Crippen molar-refractivity contribution >= 4 is 61.3 Å². The third-order valence-electron chi connectivity index (χ3n) is 5.53. The summed E-state index contributed by atoms with van der Waals surface area (Å²) in [6.45, 7) is 2.75. The molecule has 1 heterocycles. The van der Waals surface area contributed by atoms with Crippen LogP contribution in [0.25, 0.3) is 16.8 Å². The van der Waals surface area contributed by atoms with Crippen molar-refractivity contribution in [2.24, 2.45) is 4.99 Å². The Morgan fingerprint density at radius 1 is 1.00 bits per heavy atom. The van der Waals surface area contributed by atoms with Gasteiger partial charge in [0.2, 0.25) is 0 Å². The first-order valence-corrected chi connectivity index (χ1v) is 13.2. The fourth-order valence-corrected chi connectivity index (χ4v) is 5.24. The highest BCUT2D eigenvalue weighted by Gasteiger charge is 2.24. The van der Waals surface area contributed by atoms with E-state index in [4.69, 9.17) is 9.47 Å². The zero-order valence-electron chi connectivity index (χ0n) is 19.8. The van der Waals surface area contributed by atoms with Crippen molar-refractivity contribution in [2.45, 2.75) is 13.5 Å². The zero-order chi connectivity index (χ0) is 25.8. The van der Waals surface area contributed by atoms with Gasteiger partial charge in [0.1, 0.15) is 12.4 Å². The molecule has 1 amide bonds. The molecule has 8 heteroatoms. The number of hydrogen-bond donors (Lipinski definition) is 1. The Morgan fingerprint density at radius 2 is 1.78 bits per heavy atom. The Balaban J connectivity index is 1.36. The fourth-order valence-electron chi connectivity index (χ4n) is 3.82. The van der Waals surface area contributed by atoms with Gasteiger partial charge in [-0.2, -0.15) is 0 Å². The number of benzene rings is 4. The molecule has 1 saturated heterocycles. The lowest BCUT2D eigenvalue weighted by Gasteiger charge is -2.15. The molecule has 5 rings (SSSR count). The van der Waals surface area contributed by atoms with E-state index in [1.807, 2.05) is 31.2 Å². The highest BCUT2D eigenvalue weighted by atomic mass is 79.9. The minimum Gasteiger partial charge on any atom is -0.490 e. The van der Waals surface area contributed by atoms with Gasteiger partial charge in [-0.3, -0.25) is 4.79 Å². The van der Waals surface area contributed by atoms with E-state index in [2.05, 4.69) is 56.6 Å². The second-order valence-corrected chi connectivity index (χ2v) is 10.1. The van der Waals surface area contributed by atoms with E-state index in [0.29, 0.717) is 40.5 Å². The van der Waals surface area contributed by atoms with Gasteiger partial charge >= 0.3 is 0 Å². The summed E-state index contributed by atoms with van der Waals surface area (Å²) < 4.78 is 25.9. The molecule has 37 heavy (non-hydrogen) atoms. The molecule has 186 valence electrons. The van der Waals surface area contributed by atoms with Crippen LogP contribution in [0.5, 0.6) is 11.5 Å². The lowest BCUT2D eigenvalue weighted by Crippen LogP contribution is -2.19. The Bertz CT molecular complexity index is 1540. The first-order chi connectivity index (χ1) is 18.0. The topological polar surface area (TPSA) is 59.9 Å². The standard InChI is InChI=1S/C29H22BrFN2O3S/c1-2-35-25-15-19(16-26-28(34)33-29(37-26)32-23-11-9-22(31)10-12-23)14-24(30)27(25)36-17-18-7-8-20-5-3-4-6-21(20)13-18/h3-16H,2,17H2,1H3,(H,32,33,34)/b26-16+. The molecule has 0 atom stereocenters. The van der Waals surface area contributed by atoms with Gasteiger partial charge in [0, 0.05) is 0 Å². The highest BCUT2D eigenvalue weighted by molar-refractivity contribution is 9.10. The van der Waals surface area contributed by atoms with Gasteiger partial charge in [0.15, 0.2) is 16.7 Å². The summed E-state index contributed by atoms with van der Waals surface area (Å²) >= 11 is 4.83. The van der Waals surface area contributed by atoms with E-state index >= 15 is 0 Å². The number of ether oxygens (including phenoxy) is 2. The number of nitrogens with zero attached hydrogens (tertiary/aromatic N) is 1. The van der Waals surface area contributed by atoms with Crippen LogP contribution in [0.15, 0.2) is 93.2 Å². The summed E-state index contributed by atoms with van der Waals surface area (Å²) in [5.41, 5.74) is 2.38. The average Bonchev–Trinajstić information content (AvgIpc) is 3.23. The van der Waals surface area contributed by atoms with Crippen LogP contribution >= 0.6 is 27.7 Å². The van der Waals surface area contributed by atoms with Crippen molar-refractivity contribution in [2.75, 3.05) is 6.61 Å². The number of carbonyl (C=O) groups is 1. The summed E-state index contributed by atoms with van der Waals surface area (Å²) in [5, 5.41) is 5.52. The minimum atomic E-state index is -0.340. The van der Waals surface area contributed by atoms with Gasteiger partial charge in [0.25, 0.3) is 5.91 Å². The van der Waals surface area contributed by atoms with Crippen LogP contribution in [0.4, 0.5) is 10.1 Å². The van der Waals surface area contributed by atoms with Crippen molar-refractivity contribution in [3.05, 3.63) is 105 Å². The summed E-state index contributed by atoms with van der Waals surface area (Å²) in [5.74, 6) is 0.581. The molecule has 4 aromatic rings. The smallest absolute Gasteiger partial charge is 0.264 e. The van der Waals surface area contributed by atoms with E-state index in [-0.39, 0.29) is 11.7 Å². The van der Waals surface area contributed by atoms with Crippen molar-refractivity contribution in [3.63, 3.8) is 0 Å². The average molecular weight is 577 g/mol. The maximum Gasteiger partial charge on any atom is 0.264 e. The third kappa shape index (κ3) is 6.03. The van der Waals surface area contributed by atoms with E-state index < -0.39 is 0 Å². The molecule has 1 aliphatic rings. The second kappa shape index (κ2) is 11.2. The number of thioether (sulfide) groups is 1.